The molecule has 4 rings (SSSR count). The molecule has 2 aliphatic heterocycles. The molecule has 1 aromatic heterocycles. The Bertz CT molecular complexity index is 1070. The van der Waals surface area contributed by atoms with Gasteiger partial charge in [0.1, 0.15) is 31.7 Å². The second-order valence-electron chi connectivity index (χ2n) is 8.49. The highest BCUT2D eigenvalue weighted by atomic mass is 19.4. The van der Waals surface area contributed by atoms with Crippen LogP contribution in [0.2, 0.25) is 0 Å². The van der Waals surface area contributed by atoms with Gasteiger partial charge >= 0.3 is 12.4 Å². The summed E-state index contributed by atoms with van der Waals surface area (Å²) in [6, 6.07) is 5.92. The number of hydrogen-bond acceptors (Lipinski definition) is 6. The molecule has 1 aromatic carbocycles. The number of aryl methyl sites for hydroxylation is 1. The standard InChI is InChI=1S/C22H23F6N3O5/c23-21(24,25)11-33-8-13-1-2-18-14(5-13)6-15(9-35-18)29-20(32)17-7-19-31(30-17)4-3-16(36-19)10-34-12-22(26,27)28/h1-2,5,7,15-16H,3-4,6,8-12H2,(H,29,32). The number of benzene rings is 1. The van der Waals surface area contributed by atoms with Gasteiger partial charge in [-0.1, -0.05) is 6.07 Å². The van der Waals surface area contributed by atoms with E-state index in [0.29, 0.717) is 36.3 Å². The van der Waals surface area contributed by atoms with Gasteiger partial charge in [0.05, 0.1) is 19.3 Å². The lowest BCUT2D eigenvalue weighted by Gasteiger charge is -2.26. The summed E-state index contributed by atoms with van der Waals surface area (Å²) in [4.78, 5) is 12.7. The molecule has 198 valence electrons. The largest absolute Gasteiger partial charge is 0.491 e. The first-order chi connectivity index (χ1) is 16.9. The summed E-state index contributed by atoms with van der Waals surface area (Å²) in [6.07, 6.45) is -8.67. The fourth-order valence-corrected chi connectivity index (χ4v) is 3.86. The number of hydrogen-bond donors (Lipinski definition) is 1. The highest BCUT2D eigenvalue weighted by Crippen LogP contribution is 2.27. The van der Waals surface area contributed by atoms with Crippen LogP contribution in [0.5, 0.6) is 11.6 Å². The normalized spacial score (nSPS) is 19.6. The summed E-state index contributed by atoms with van der Waals surface area (Å²) in [5.74, 6) is 0.331. The number of halogens is 6. The molecule has 0 saturated heterocycles. The Morgan fingerprint density at radius 1 is 1.11 bits per heavy atom. The summed E-state index contributed by atoms with van der Waals surface area (Å²) in [7, 11) is 0. The SMILES string of the molecule is O=C(NC1COc2ccc(COCC(F)(F)F)cc2C1)c1cc2n(n1)CCC(COCC(F)(F)F)O2. The van der Waals surface area contributed by atoms with Crippen molar-refractivity contribution in [2.24, 2.45) is 0 Å². The highest BCUT2D eigenvalue weighted by molar-refractivity contribution is 5.92. The first-order valence-electron chi connectivity index (χ1n) is 11.0. The van der Waals surface area contributed by atoms with E-state index in [2.05, 4.69) is 15.2 Å². The summed E-state index contributed by atoms with van der Waals surface area (Å²) in [5, 5.41) is 7.00. The van der Waals surface area contributed by atoms with E-state index in [1.54, 1.807) is 18.2 Å². The lowest BCUT2D eigenvalue weighted by molar-refractivity contribution is -0.179. The van der Waals surface area contributed by atoms with Crippen LogP contribution in [0, 0.1) is 0 Å². The molecule has 2 aliphatic rings. The van der Waals surface area contributed by atoms with Gasteiger partial charge in [-0.05, 0) is 29.7 Å². The van der Waals surface area contributed by atoms with E-state index in [4.69, 9.17) is 14.2 Å². The van der Waals surface area contributed by atoms with Crippen LogP contribution in [-0.4, -0.2) is 66.6 Å². The number of nitrogens with one attached hydrogen (secondary N) is 1. The number of ether oxygens (including phenoxy) is 4. The molecule has 0 fully saturated rings. The highest BCUT2D eigenvalue weighted by Gasteiger charge is 2.30. The van der Waals surface area contributed by atoms with E-state index < -0.39 is 43.6 Å². The number of aromatic nitrogens is 2. The number of rotatable bonds is 8. The molecule has 0 saturated carbocycles. The van der Waals surface area contributed by atoms with Crippen LogP contribution < -0.4 is 14.8 Å². The van der Waals surface area contributed by atoms with Gasteiger partial charge in [0.25, 0.3) is 5.91 Å². The van der Waals surface area contributed by atoms with Crippen molar-refractivity contribution in [2.45, 2.75) is 50.5 Å². The second-order valence-corrected chi connectivity index (χ2v) is 8.49. The van der Waals surface area contributed by atoms with Crippen molar-refractivity contribution in [3.8, 4) is 11.6 Å². The van der Waals surface area contributed by atoms with Crippen molar-refractivity contribution >= 4 is 5.91 Å². The smallest absolute Gasteiger partial charge is 0.411 e. The molecule has 14 heteroatoms. The predicted octanol–water partition coefficient (Wildman–Crippen LogP) is 3.43. The summed E-state index contributed by atoms with van der Waals surface area (Å²) in [6.45, 7) is -2.64. The molecule has 1 N–H and O–H groups in total. The first-order valence-corrected chi connectivity index (χ1v) is 11.0. The van der Waals surface area contributed by atoms with Crippen LogP contribution in [0.1, 0.15) is 28.0 Å². The van der Waals surface area contributed by atoms with Gasteiger partial charge in [-0.3, -0.25) is 4.79 Å². The van der Waals surface area contributed by atoms with Gasteiger partial charge in [-0.25, -0.2) is 4.68 Å². The maximum absolute atomic E-state index is 12.7. The fraction of sp³-hybridized carbons (Fsp3) is 0.545. The molecule has 2 aromatic rings. The van der Waals surface area contributed by atoms with E-state index in [-0.39, 0.29) is 31.4 Å². The summed E-state index contributed by atoms with van der Waals surface area (Å²) < 4.78 is 95.7. The molecule has 0 bridgehead atoms. The van der Waals surface area contributed by atoms with E-state index >= 15 is 0 Å². The monoisotopic (exact) mass is 523 g/mol. The Morgan fingerprint density at radius 3 is 2.61 bits per heavy atom. The molecule has 0 radical (unpaired) electrons. The average molecular weight is 523 g/mol. The minimum absolute atomic E-state index is 0.0713. The van der Waals surface area contributed by atoms with Crippen LogP contribution in [0.3, 0.4) is 0 Å². The molecule has 1 amide bonds. The van der Waals surface area contributed by atoms with Crippen LogP contribution >= 0.6 is 0 Å². The Labute approximate surface area is 201 Å². The molecule has 0 spiro atoms. The van der Waals surface area contributed by atoms with E-state index in [1.165, 1.54) is 10.7 Å². The number of alkyl halides is 6. The first kappa shape index (κ1) is 26.1. The Kier molecular flexibility index (Phi) is 7.64. The lowest BCUT2D eigenvalue weighted by atomic mass is 10.0. The zero-order chi connectivity index (χ0) is 25.9. The van der Waals surface area contributed by atoms with Crippen molar-refractivity contribution in [1.82, 2.24) is 15.1 Å². The molecule has 3 heterocycles. The maximum Gasteiger partial charge on any atom is 0.411 e. The minimum atomic E-state index is -4.42. The quantitative estimate of drug-likeness (QED) is 0.534. The molecule has 36 heavy (non-hydrogen) atoms. The van der Waals surface area contributed by atoms with Crippen molar-refractivity contribution in [3.63, 3.8) is 0 Å². The summed E-state index contributed by atoms with van der Waals surface area (Å²) >= 11 is 0. The van der Waals surface area contributed by atoms with Crippen molar-refractivity contribution in [2.75, 3.05) is 26.4 Å². The van der Waals surface area contributed by atoms with Crippen LogP contribution in [0.15, 0.2) is 24.3 Å². The number of nitrogens with zero attached hydrogens (tertiary/aromatic N) is 2. The van der Waals surface area contributed by atoms with Gasteiger partial charge in [0.2, 0.25) is 5.88 Å². The summed E-state index contributed by atoms with van der Waals surface area (Å²) in [5.41, 5.74) is 1.33. The molecular formula is C22H23F6N3O5. The van der Waals surface area contributed by atoms with E-state index in [1.807, 2.05) is 0 Å². The third-order valence-electron chi connectivity index (χ3n) is 5.40. The van der Waals surface area contributed by atoms with E-state index in [9.17, 15) is 31.1 Å². The van der Waals surface area contributed by atoms with Gasteiger partial charge in [0, 0.05) is 19.0 Å². The van der Waals surface area contributed by atoms with Gasteiger partial charge in [-0.2, -0.15) is 31.4 Å². The topological polar surface area (TPSA) is 83.8 Å². The molecule has 2 unspecified atom stereocenters. The van der Waals surface area contributed by atoms with Crippen LogP contribution in [0.4, 0.5) is 26.3 Å². The molecule has 2 atom stereocenters. The number of carbonyl (C=O) groups excluding carboxylic acids is 1. The van der Waals surface area contributed by atoms with Crippen molar-refractivity contribution in [3.05, 3.63) is 41.1 Å². The average Bonchev–Trinajstić information content (AvgIpc) is 3.21. The fourth-order valence-electron chi connectivity index (χ4n) is 3.86. The van der Waals surface area contributed by atoms with Gasteiger partial charge in [0.15, 0.2) is 5.69 Å². The van der Waals surface area contributed by atoms with E-state index in [0.717, 1.165) is 0 Å². The lowest BCUT2D eigenvalue weighted by Crippen LogP contribution is -2.43. The van der Waals surface area contributed by atoms with Crippen LogP contribution in [0.25, 0.3) is 0 Å². The molecular weight excluding hydrogens is 500 g/mol. The Balaban J connectivity index is 1.30. The second kappa shape index (κ2) is 10.5. The molecule has 8 nitrogen and oxygen atoms in total. The van der Waals surface area contributed by atoms with Gasteiger partial charge < -0.3 is 24.3 Å². The number of fused-ring (bicyclic) bond motifs is 2. The van der Waals surface area contributed by atoms with Crippen molar-refractivity contribution < 1.29 is 50.1 Å². The zero-order valence-electron chi connectivity index (χ0n) is 18.8. The van der Waals surface area contributed by atoms with Crippen molar-refractivity contribution in [1.29, 1.82) is 0 Å². The van der Waals surface area contributed by atoms with Crippen LogP contribution in [-0.2, 0) is 29.0 Å². The zero-order valence-corrected chi connectivity index (χ0v) is 18.8. The third-order valence-corrected chi connectivity index (χ3v) is 5.40. The Morgan fingerprint density at radius 2 is 1.86 bits per heavy atom. The Hall–Kier alpha value is -3.00. The molecule has 0 aliphatic carbocycles. The maximum atomic E-state index is 12.7. The predicted molar refractivity (Wildman–Crippen MR) is 111 cm³/mol. The minimum Gasteiger partial charge on any atom is -0.491 e. The number of carbonyl (C=O) groups is 1. The van der Waals surface area contributed by atoms with Gasteiger partial charge in [-0.15, -0.1) is 0 Å². The number of amides is 1. The third kappa shape index (κ3) is 7.26.